The largest absolute Gasteiger partial charge is 0.496 e. The highest BCUT2D eigenvalue weighted by Gasteiger charge is 2.27. The number of benzene rings is 2. The lowest BCUT2D eigenvalue weighted by atomic mass is 10.00. The van der Waals surface area contributed by atoms with E-state index in [-0.39, 0.29) is 59.1 Å². The smallest absolute Gasteiger partial charge is 0.234 e. The van der Waals surface area contributed by atoms with Crippen LogP contribution in [0.2, 0.25) is 0 Å². The molecule has 0 spiro atoms. The highest BCUT2D eigenvalue weighted by atomic mass is 35.5. The van der Waals surface area contributed by atoms with Crippen LogP contribution in [0.4, 0.5) is 0 Å². The van der Waals surface area contributed by atoms with Crippen LogP contribution in [0.3, 0.4) is 0 Å². The monoisotopic (exact) mass is 685 g/mol. The van der Waals surface area contributed by atoms with Crippen molar-refractivity contribution in [3.05, 3.63) is 65.9 Å². The number of hydrogen-bond donors (Lipinski definition) is 2. The van der Waals surface area contributed by atoms with Crippen LogP contribution >= 0.6 is 24.8 Å². The number of carbonyl (C=O) groups excluding carboxylic acids is 2. The average molecular weight is 687 g/mol. The Labute approximate surface area is 284 Å². The highest BCUT2D eigenvalue weighted by molar-refractivity contribution is 5.86. The zero-order chi connectivity index (χ0) is 28.6. The van der Waals surface area contributed by atoms with Crippen molar-refractivity contribution in [3.8, 4) is 5.75 Å². The van der Waals surface area contributed by atoms with Crippen molar-refractivity contribution in [1.29, 1.82) is 0 Å². The van der Waals surface area contributed by atoms with Gasteiger partial charge < -0.3 is 41.3 Å². The predicted octanol–water partition coefficient (Wildman–Crippen LogP) is 2.57. The summed E-state index contributed by atoms with van der Waals surface area (Å²) in [6, 6.07) is 16.4. The van der Waals surface area contributed by atoms with E-state index in [9.17, 15) is 9.59 Å². The summed E-state index contributed by atoms with van der Waals surface area (Å²) in [6.45, 7) is 7.17. The lowest BCUT2D eigenvalue weighted by molar-refractivity contribution is -0.131. The van der Waals surface area contributed by atoms with E-state index >= 15 is 0 Å². The number of halogens is 2. The maximum Gasteiger partial charge on any atom is 0.234 e. The minimum Gasteiger partial charge on any atom is -0.496 e. The maximum atomic E-state index is 13.4. The number of carbonyl (C=O) groups is 2. The molecule has 2 aromatic carbocycles. The lowest BCUT2D eigenvalue weighted by Crippen LogP contribution is -2.51. The molecule has 260 valence electrons. The number of nitrogens with zero attached hydrogens (tertiary/aromatic N) is 3. The molecule has 1 aromatic heterocycles. The van der Waals surface area contributed by atoms with Crippen LogP contribution in [0.25, 0.3) is 10.9 Å². The van der Waals surface area contributed by atoms with Crippen molar-refractivity contribution in [2.75, 3.05) is 46.4 Å². The number of para-hydroxylation sites is 2. The molecule has 13 heteroatoms. The number of methoxy groups -OCH3 is 1. The number of H-pyrrole nitrogens is 1. The number of ether oxygens (including phenoxy) is 1. The summed E-state index contributed by atoms with van der Waals surface area (Å²) < 4.78 is 5.54. The molecule has 2 aliphatic rings. The van der Waals surface area contributed by atoms with Gasteiger partial charge in [0.1, 0.15) is 5.75 Å². The molecule has 2 saturated heterocycles. The maximum absolute atomic E-state index is 13.4. The van der Waals surface area contributed by atoms with Crippen molar-refractivity contribution >= 4 is 47.5 Å². The fourth-order valence-corrected chi connectivity index (χ4v) is 6.54. The van der Waals surface area contributed by atoms with Gasteiger partial charge in [-0.3, -0.25) is 14.5 Å². The Morgan fingerprint density at radius 2 is 1.59 bits per heavy atom. The zero-order valence-corrected chi connectivity index (χ0v) is 28.6. The third kappa shape index (κ3) is 11.4. The molecule has 0 aliphatic carbocycles. The van der Waals surface area contributed by atoms with E-state index in [1.54, 1.807) is 14.0 Å². The first-order valence-corrected chi connectivity index (χ1v) is 15.2. The molecule has 2 fully saturated rings. The second-order valence-corrected chi connectivity index (χ2v) is 11.6. The molecular weight excluding hydrogens is 633 g/mol. The van der Waals surface area contributed by atoms with Crippen LogP contribution in [0.1, 0.15) is 50.2 Å². The normalized spacial score (nSPS) is 15.9. The average Bonchev–Trinajstić information content (AvgIpc) is 3.40. The first-order valence-electron chi connectivity index (χ1n) is 15.2. The van der Waals surface area contributed by atoms with E-state index in [4.69, 9.17) is 4.74 Å². The summed E-state index contributed by atoms with van der Waals surface area (Å²) in [4.78, 5) is 36.3. The van der Waals surface area contributed by atoms with Crippen molar-refractivity contribution in [3.63, 3.8) is 0 Å². The van der Waals surface area contributed by atoms with Gasteiger partial charge in [0.05, 0.1) is 19.7 Å². The van der Waals surface area contributed by atoms with Gasteiger partial charge in [-0.1, -0.05) is 42.8 Å². The molecule has 8 N–H and O–H groups in total. The second kappa shape index (κ2) is 21.1. The summed E-state index contributed by atoms with van der Waals surface area (Å²) in [5.41, 5.74) is 3.15. The molecule has 5 rings (SSSR count). The van der Waals surface area contributed by atoms with Gasteiger partial charge in [-0.2, -0.15) is 0 Å². The number of hydrogen-bond acceptors (Lipinski definition) is 5. The third-order valence-corrected chi connectivity index (χ3v) is 8.78. The Balaban J connectivity index is 0.00000405. The number of nitrogens with one attached hydrogen (secondary N) is 2. The van der Waals surface area contributed by atoms with Crippen LogP contribution in [-0.2, 0) is 22.6 Å². The number of rotatable bonds is 11. The fourth-order valence-electron chi connectivity index (χ4n) is 6.54. The summed E-state index contributed by atoms with van der Waals surface area (Å²) in [7, 11) is 1.65. The minimum absolute atomic E-state index is 0. The molecule has 11 nitrogen and oxygen atoms in total. The quantitative estimate of drug-likeness (QED) is 0.315. The lowest BCUT2D eigenvalue weighted by Gasteiger charge is -2.40. The van der Waals surface area contributed by atoms with Crippen LogP contribution in [0, 0.1) is 0 Å². The molecule has 3 aromatic rings. The molecule has 0 saturated carbocycles. The first-order chi connectivity index (χ1) is 20.0. The van der Waals surface area contributed by atoms with E-state index in [1.165, 1.54) is 32.4 Å². The van der Waals surface area contributed by atoms with Gasteiger partial charge in [-0.25, -0.2) is 0 Å². The van der Waals surface area contributed by atoms with Crippen LogP contribution in [0.15, 0.2) is 54.7 Å². The van der Waals surface area contributed by atoms with Gasteiger partial charge in [-0.05, 0) is 62.9 Å². The van der Waals surface area contributed by atoms with Crippen molar-refractivity contribution in [1.82, 2.24) is 25.0 Å². The molecule has 2 aliphatic heterocycles. The van der Waals surface area contributed by atoms with E-state index in [0.29, 0.717) is 32.1 Å². The number of likely N-dealkylation sites (tertiary alicyclic amines) is 2. The van der Waals surface area contributed by atoms with Crippen LogP contribution in [0.5, 0.6) is 5.75 Å². The third-order valence-electron chi connectivity index (χ3n) is 8.78. The van der Waals surface area contributed by atoms with Gasteiger partial charge >= 0.3 is 0 Å². The Morgan fingerprint density at radius 1 is 0.935 bits per heavy atom. The number of aromatic nitrogens is 1. The Morgan fingerprint density at radius 3 is 2.26 bits per heavy atom. The highest BCUT2D eigenvalue weighted by Crippen LogP contribution is 2.23. The first kappa shape index (κ1) is 43.1. The van der Waals surface area contributed by atoms with E-state index in [2.05, 4.69) is 32.2 Å². The summed E-state index contributed by atoms with van der Waals surface area (Å²) in [6.07, 6.45) is 8.89. The topological polar surface area (TPSA) is 175 Å². The number of fused-ring (bicyclic) bond motifs is 1. The predicted molar refractivity (Wildman–Crippen MR) is 188 cm³/mol. The van der Waals surface area contributed by atoms with Crippen molar-refractivity contribution in [2.45, 2.75) is 64.1 Å². The van der Waals surface area contributed by atoms with Crippen LogP contribution < -0.4 is 10.1 Å². The standard InChI is InChI=1S/C33H45N5O3.2ClH.3H2O/c1-25(39)38(22-26-10-4-7-13-32(26)41-2)23-28(20-27-21-34-31-12-6-5-11-30(27)31)35-33(40)24-36-18-14-29(15-19-36)37-16-8-3-9-17-37;;;;;/h4-7,10-13,21,28-29,34H,3,8-9,14-20,22-24H2,1-2H3,(H,35,40);2*1H;3*1H2/t28-;;;;;/m1...../s1. The molecular formula is C33H53Cl2N5O6. The Kier molecular flexibility index (Phi) is 19.7. The number of aromatic amines is 1. The SMILES string of the molecule is COc1ccccc1CN(C[C@@H](Cc1c[nH]c2ccccc12)NC(=O)CN1CCC(N2CCCCC2)CC1)C(C)=O.Cl.Cl.O.O.O. The molecule has 0 bridgehead atoms. The van der Waals surface area contributed by atoms with Crippen molar-refractivity contribution in [2.24, 2.45) is 0 Å². The zero-order valence-electron chi connectivity index (χ0n) is 26.9. The van der Waals surface area contributed by atoms with Gasteiger partial charge in [-0.15, -0.1) is 24.8 Å². The molecule has 3 heterocycles. The van der Waals surface area contributed by atoms with E-state index < -0.39 is 0 Å². The number of amides is 2. The van der Waals surface area contributed by atoms with Crippen molar-refractivity contribution < 1.29 is 30.8 Å². The minimum atomic E-state index is -0.230. The number of piperidine rings is 2. The van der Waals surface area contributed by atoms with Gasteiger partial charge in [0.2, 0.25) is 11.8 Å². The second-order valence-electron chi connectivity index (χ2n) is 11.6. The summed E-state index contributed by atoms with van der Waals surface area (Å²) in [5.74, 6) is 0.741. The summed E-state index contributed by atoms with van der Waals surface area (Å²) >= 11 is 0. The van der Waals surface area contributed by atoms with E-state index in [1.807, 2.05) is 47.5 Å². The summed E-state index contributed by atoms with van der Waals surface area (Å²) in [5, 5.41) is 4.46. The van der Waals surface area contributed by atoms with Gasteiger partial charge in [0.15, 0.2) is 0 Å². The van der Waals surface area contributed by atoms with Crippen LogP contribution in [-0.4, -0.2) is 106 Å². The molecule has 1 atom stereocenters. The Bertz CT molecular complexity index is 1310. The Hall–Kier alpha value is -2.90. The fraction of sp³-hybridized carbons (Fsp3) is 0.515. The molecule has 2 amide bonds. The molecule has 46 heavy (non-hydrogen) atoms. The molecule has 0 unspecified atom stereocenters. The molecule has 0 radical (unpaired) electrons. The van der Waals surface area contributed by atoms with Gasteiger partial charge in [0, 0.05) is 61.8 Å². The van der Waals surface area contributed by atoms with Gasteiger partial charge in [0.25, 0.3) is 0 Å². The van der Waals surface area contributed by atoms with E-state index in [0.717, 1.165) is 53.7 Å².